The maximum Gasteiger partial charge on any atom is 0.342 e. The van der Waals surface area contributed by atoms with E-state index >= 15 is 0 Å². The van der Waals surface area contributed by atoms with Crippen molar-refractivity contribution < 1.29 is 28.5 Å². The third kappa shape index (κ3) is 4.06. The lowest BCUT2D eigenvalue weighted by atomic mass is 10.0. The molecule has 0 saturated carbocycles. The summed E-state index contributed by atoms with van der Waals surface area (Å²) < 4.78 is 20.7. The molecule has 0 atom stereocenters. The molecule has 6 heteroatoms. The van der Waals surface area contributed by atoms with Crippen molar-refractivity contribution in [3.8, 4) is 17.2 Å². The van der Waals surface area contributed by atoms with Crippen LogP contribution >= 0.6 is 0 Å². The van der Waals surface area contributed by atoms with E-state index in [1.54, 1.807) is 31.4 Å². The van der Waals surface area contributed by atoms with Gasteiger partial charge in [0.15, 0.2) is 12.4 Å². The minimum atomic E-state index is -0.640. The number of esters is 1. The van der Waals surface area contributed by atoms with Gasteiger partial charge in [-0.2, -0.15) is 0 Å². The predicted octanol–water partition coefficient (Wildman–Crippen LogP) is 3.91. The van der Waals surface area contributed by atoms with Crippen LogP contribution in [-0.4, -0.2) is 39.7 Å². The summed E-state index contributed by atoms with van der Waals surface area (Å²) in [5.74, 6) is 0.680. The van der Waals surface area contributed by atoms with Gasteiger partial charge >= 0.3 is 5.97 Å². The number of fused-ring (bicyclic) bond motifs is 1. The van der Waals surface area contributed by atoms with Crippen LogP contribution in [0.2, 0.25) is 0 Å². The molecule has 0 aliphatic rings. The molecule has 3 aromatic rings. The maximum absolute atomic E-state index is 12.4. The van der Waals surface area contributed by atoms with Crippen LogP contribution in [-0.2, 0) is 4.74 Å². The van der Waals surface area contributed by atoms with Gasteiger partial charge in [0, 0.05) is 11.6 Å². The molecule has 0 aromatic heterocycles. The summed E-state index contributed by atoms with van der Waals surface area (Å²) in [5, 5.41) is 1.85. The molecular formula is C22H20O6. The van der Waals surface area contributed by atoms with E-state index in [1.165, 1.54) is 20.3 Å². The van der Waals surface area contributed by atoms with Gasteiger partial charge in [0.05, 0.1) is 21.3 Å². The van der Waals surface area contributed by atoms with Crippen LogP contribution in [0, 0.1) is 0 Å². The third-order valence-corrected chi connectivity index (χ3v) is 4.33. The van der Waals surface area contributed by atoms with Crippen molar-refractivity contribution in [2.24, 2.45) is 0 Å². The van der Waals surface area contributed by atoms with Crippen molar-refractivity contribution in [2.45, 2.75) is 0 Å². The van der Waals surface area contributed by atoms with Gasteiger partial charge in [-0.1, -0.05) is 18.2 Å². The summed E-state index contributed by atoms with van der Waals surface area (Å²) in [7, 11) is 4.57. The van der Waals surface area contributed by atoms with Crippen LogP contribution in [0.15, 0.2) is 54.6 Å². The van der Waals surface area contributed by atoms with E-state index in [2.05, 4.69) is 0 Å². The molecule has 0 aliphatic carbocycles. The van der Waals surface area contributed by atoms with Gasteiger partial charge < -0.3 is 18.9 Å². The number of hydrogen-bond acceptors (Lipinski definition) is 6. The summed E-state index contributed by atoms with van der Waals surface area (Å²) in [5.41, 5.74) is 0.689. The summed E-state index contributed by atoms with van der Waals surface area (Å²) >= 11 is 0. The summed E-state index contributed by atoms with van der Waals surface area (Å²) in [4.78, 5) is 24.8. The second-order valence-corrected chi connectivity index (χ2v) is 5.99. The number of ether oxygens (including phenoxy) is 4. The molecule has 0 unspecified atom stereocenters. The number of Topliss-reactive ketones (excluding diaryl/α,β-unsaturated/α-hetero) is 1. The minimum Gasteiger partial charge on any atom is -0.497 e. The zero-order chi connectivity index (χ0) is 20.1. The topological polar surface area (TPSA) is 71.1 Å². The lowest BCUT2D eigenvalue weighted by molar-refractivity contribution is 0.0471. The lowest BCUT2D eigenvalue weighted by Gasteiger charge is -2.10. The smallest absolute Gasteiger partial charge is 0.342 e. The molecule has 6 nitrogen and oxygen atoms in total. The summed E-state index contributed by atoms with van der Waals surface area (Å²) in [6.45, 7) is -0.365. The van der Waals surface area contributed by atoms with Gasteiger partial charge in [0.2, 0.25) is 0 Å². The van der Waals surface area contributed by atoms with Crippen LogP contribution in [0.3, 0.4) is 0 Å². The number of hydrogen-bond donors (Lipinski definition) is 0. The number of rotatable bonds is 7. The Morgan fingerprint density at radius 1 is 0.750 bits per heavy atom. The molecule has 3 rings (SSSR count). The van der Waals surface area contributed by atoms with E-state index in [1.807, 2.05) is 24.3 Å². The molecule has 144 valence electrons. The second-order valence-electron chi connectivity index (χ2n) is 5.99. The normalized spacial score (nSPS) is 10.4. The van der Waals surface area contributed by atoms with Crippen molar-refractivity contribution in [2.75, 3.05) is 27.9 Å². The molecule has 0 saturated heterocycles. The lowest BCUT2D eigenvalue weighted by Crippen LogP contribution is -2.15. The Bertz CT molecular complexity index is 1020. The van der Waals surface area contributed by atoms with Gasteiger partial charge in [-0.05, 0) is 41.1 Å². The first-order valence-corrected chi connectivity index (χ1v) is 8.56. The van der Waals surface area contributed by atoms with E-state index in [9.17, 15) is 9.59 Å². The molecule has 0 spiro atoms. The number of ketones is 1. The van der Waals surface area contributed by atoms with Crippen LogP contribution in [0.5, 0.6) is 17.2 Å². The highest BCUT2D eigenvalue weighted by Crippen LogP contribution is 2.25. The van der Waals surface area contributed by atoms with Gasteiger partial charge in [-0.3, -0.25) is 4.79 Å². The predicted molar refractivity (Wildman–Crippen MR) is 105 cm³/mol. The highest BCUT2D eigenvalue weighted by atomic mass is 16.5. The Morgan fingerprint density at radius 2 is 1.39 bits per heavy atom. The number of carbonyl (C=O) groups excluding carboxylic acids is 2. The largest absolute Gasteiger partial charge is 0.497 e. The Kier molecular flexibility index (Phi) is 5.79. The van der Waals surface area contributed by atoms with E-state index in [4.69, 9.17) is 18.9 Å². The maximum atomic E-state index is 12.4. The van der Waals surface area contributed by atoms with Crippen molar-refractivity contribution in [3.63, 3.8) is 0 Å². The van der Waals surface area contributed by atoms with Gasteiger partial charge in [0.1, 0.15) is 22.8 Å². The van der Waals surface area contributed by atoms with Crippen LogP contribution in [0.4, 0.5) is 0 Å². The molecule has 0 aliphatic heterocycles. The van der Waals surface area contributed by atoms with Crippen molar-refractivity contribution in [1.29, 1.82) is 0 Å². The van der Waals surface area contributed by atoms with Crippen molar-refractivity contribution in [3.05, 3.63) is 65.7 Å². The first-order chi connectivity index (χ1) is 13.5. The highest BCUT2D eigenvalue weighted by Gasteiger charge is 2.17. The SMILES string of the molecule is COc1ccc(C(=O)OCC(=O)c2ccc3cc(OC)ccc3c2)c(OC)c1. The van der Waals surface area contributed by atoms with E-state index in [-0.39, 0.29) is 18.0 Å². The fourth-order valence-corrected chi connectivity index (χ4v) is 2.78. The summed E-state index contributed by atoms with van der Waals surface area (Å²) in [6.07, 6.45) is 0. The average molecular weight is 380 g/mol. The Hall–Kier alpha value is -3.54. The third-order valence-electron chi connectivity index (χ3n) is 4.33. The van der Waals surface area contributed by atoms with E-state index in [0.29, 0.717) is 17.1 Å². The number of carbonyl (C=O) groups is 2. The minimum absolute atomic E-state index is 0.224. The quantitative estimate of drug-likeness (QED) is 0.457. The highest BCUT2D eigenvalue weighted by molar-refractivity contribution is 6.02. The zero-order valence-electron chi connectivity index (χ0n) is 15.9. The van der Waals surface area contributed by atoms with E-state index in [0.717, 1.165) is 16.5 Å². The molecule has 28 heavy (non-hydrogen) atoms. The first kappa shape index (κ1) is 19.2. The van der Waals surface area contributed by atoms with Gasteiger partial charge in [-0.25, -0.2) is 4.79 Å². The molecule has 0 bridgehead atoms. The molecule has 0 fully saturated rings. The van der Waals surface area contributed by atoms with Gasteiger partial charge in [-0.15, -0.1) is 0 Å². The van der Waals surface area contributed by atoms with Crippen molar-refractivity contribution >= 4 is 22.5 Å². The Labute approximate surface area is 162 Å². The fourth-order valence-electron chi connectivity index (χ4n) is 2.78. The fraction of sp³-hybridized carbons (Fsp3) is 0.182. The number of methoxy groups -OCH3 is 3. The second kappa shape index (κ2) is 8.43. The van der Waals surface area contributed by atoms with Crippen LogP contribution in [0.25, 0.3) is 10.8 Å². The molecule has 0 N–H and O–H groups in total. The standard InChI is InChI=1S/C22H20O6/c1-25-17-7-6-14-10-16(5-4-15(14)11-17)20(23)13-28-22(24)19-9-8-18(26-2)12-21(19)27-3/h4-12H,13H2,1-3H3. The molecule has 0 heterocycles. The van der Waals surface area contributed by atoms with Crippen molar-refractivity contribution in [1.82, 2.24) is 0 Å². The monoisotopic (exact) mass is 380 g/mol. The first-order valence-electron chi connectivity index (χ1n) is 8.56. The zero-order valence-corrected chi connectivity index (χ0v) is 15.9. The van der Waals surface area contributed by atoms with Crippen LogP contribution in [0.1, 0.15) is 20.7 Å². The number of benzene rings is 3. The molecule has 3 aromatic carbocycles. The van der Waals surface area contributed by atoms with E-state index < -0.39 is 5.97 Å². The van der Waals surface area contributed by atoms with Gasteiger partial charge in [0.25, 0.3) is 0 Å². The Balaban J connectivity index is 1.71. The summed E-state index contributed by atoms with van der Waals surface area (Å²) in [6, 6.07) is 15.6. The average Bonchev–Trinajstić information content (AvgIpc) is 2.75. The molecular weight excluding hydrogens is 360 g/mol. The molecule has 0 radical (unpaired) electrons. The molecule has 0 amide bonds. The van der Waals surface area contributed by atoms with Crippen LogP contribution < -0.4 is 14.2 Å². The Morgan fingerprint density at radius 3 is 2.11 bits per heavy atom.